The van der Waals surface area contributed by atoms with Gasteiger partial charge >= 0.3 is 0 Å². The van der Waals surface area contributed by atoms with Gasteiger partial charge in [-0.15, -0.1) is 0 Å². The van der Waals surface area contributed by atoms with Crippen molar-refractivity contribution in [2.24, 2.45) is 0 Å². The predicted molar refractivity (Wildman–Crippen MR) is 105 cm³/mol. The summed E-state index contributed by atoms with van der Waals surface area (Å²) in [5, 5.41) is 0. The van der Waals surface area contributed by atoms with Crippen molar-refractivity contribution in [3.8, 4) is 11.5 Å². The number of hydrogen-bond acceptors (Lipinski definition) is 5. The molecule has 1 aliphatic heterocycles. The van der Waals surface area contributed by atoms with E-state index in [4.69, 9.17) is 9.47 Å². The Morgan fingerprint density at radius 3 is 2.04 bits per heavy atom. The Hall–Kier alpha value is -2.58. The first-order chi connectivity index (χ1) is 13.5. The van der Waals surface area contributed by atoms with Crippen LogP contribution in [0.5, 0.6) is 11.5 Å². The highest BCUT2D eigenvalue weighted by Crippen LogP contribution is 2.21. The van der Waals surface area contributed by atoms with Crippen LogP contribution >= 0.6 is 0 Å². The van der Waals surface area contributed by atoms with Crippen LogP contribution < -0.4 is 9.47 Å². The van der Waals surface area contributed by atoms with Gasteiger partial charge in [0.15, 0.2) is 0 Å². The van der Waals surface area contributed by atoms with Gasteiger partial charge in [-0.05, 0) is 55.5 Å². The average molecular weight is 404 g/mol. The van der Waals surface area contributed by atoms with Crippen LogP contribution in [0.25, 0.3) is 0 Å². The molecule has 0 saturated carbocycles. The van der Waals surface area contributed by atoms with Crippen molar-refractivity contribution in [1.82, 2.24) is 9.21 Å². The Morgan fingerprint density at radius 1 is 0.929 bits per heavy atom. The maximum atomic E-state index is 12.8. The fourth-order valence-electron chi connectivity index (χ4n) is 3.07. The van der Waals surface area contributed by atoms with E-state index in [2.05, 4.69) is 0 Å². The molecule has 1 heterocycles. The Kier molecular flexibility index (Phi) is 6.21. The molecule has 0 aliphatic carbocycles. The molecule has 7 nitrogen and oxygen atoms in total. The van der Waals surface area contributed by atoms with E-state index >= 15 is 0 Å². The number of benzene rings is 2. The number of amides is 1. The molecule has 0 aromatic heterocycles. The molecule has 1 amide bonds. The second-order valence-electron chi connectivity index (χ2n) is 6.33. The second kappa shape index (κ2) is 8.62. The highest BCUT2D eigenvalue weighted by Gasteiger charge is 2.30. The van der Waals surface area contributed by atoms with Gasteiger partial charge in [0.25, 0.3) is 5.91 Å². The number of methoxy groups -OCH3 is 1. The first-order valence-electron chi connectivity index (χ1n) is 9.12. The summed E-state index contributed by atoms with van der Waals surface area (Å²) >= 11 is 0. The Morgan fingerprint density at radius 2 is 1.50 bits per heavy atom. The lowest BCUT2D eigenvalue weighted by atomic mass is 10.2. The maximum absolute atomic E-state index is 12.8. The van der Waals surface area contributed by atoms with Gasteiger partial charge in [-0.1, -0.05) is 0 Å². The Balaban J connectivity index is 1.64. The fourth-order valence-corrected chi connectivity index (χ4v) is 4.49. The molecule has 0 bridgehead atoms. The number of ether oxygens (including phenoxy) is 2. The summed E-state index contributed by atoms with van der Waals surface area (Å²) < 4.78 is 37.6. The number of rotatable bonds is 6. The number of carbonyl (C=O) groups excluding carboxylic acids is 1. The van der Waals surface area contributed by atoms with E-state index in [0.717, 1.165) is 0 Å². The van der Waals surface area contributed by atoms with Gasteiger partial charge in [-0.3, -0.25) is 4.79 Å². The fraction of sp³-hybridized carbons (Fsp3) is 0.350. The van der Waals surface area contributed by atoms with Crippen molar-refractivity contribution in [3.63, 3.8) is 0 Å². The van der Waals surface area contributed by atoms with Crippen molar-refractivity contribution in [2.75, 3.05) is 39.9 Å². The van der Waals surface area contributed by atoms with Gasteiger partial charge < -0.3 is 14.4 Å². The quantitative estimate of drug-likeness (QED) is 0.738. The first-order valence-corrected chi connectivity index (χ1v) is 10.6. The molecule has 150 valence electrons. The van der Waals surface area contributed by atoms with Crippen LogP contribution in [0, 0.1) is 0 Å². The summed E-state index contributed by atoms with van der Waals surface area (Å²) in [4.78, 5) is 14.5. The van der Waals surface area contributed by atoms with E-state index in [9.17, 15) is 13.2 Å². The van der Waals surface area contributed by atoms with Crippen LogP contribution in [0.4, 0.5) is 0 Å². The highest BCUT2D eigenvalue weighted by atomic mass is 32.2. The van der Waals surface area contributed by atoms with Crippen LogP contribution in [-0.4, -0.2) is 63.4 Å². The lowest BCUT2D eigenvalue weighted by Crippen LogP contribution is -2.50. The summed E-state index contributed by atoms with van der Waals surface area (Å²) in [6.07, 6.45) is 0. The number of carbonyl (C=O) groups is 1. The van der Waals surface area contributed by atoms with Crippen LogP contribution in [0.2, 0.25) is 0 Å². The van der Waals surface area contributed by atoms with Gasteiger partial charge in [0.05, 0.1) is 18.6 Å². The molecule has 2 aromatic rings. The first kappa shape index (κ1) is 20.2. The number of hydrogen-bond donors (Lipinski definition) is 0. The largest absolute Gasteiger partial charge is 0.497 e. The normalized spacial score (nSPS) is 15.3. The molecule has 1 saturated heterocycles. The van der Waals surface area contributed by atoms with E-state index in [-0.39, 0.29) is 23.9 Å². The van der Waals surface area contributed by atoms with E-state index in [0.29, 0.717) is 36.8 Å². The van der Waals surface area contributed by atoms with E-state index in [1.165, 1.54) is 4.31 Å². The Bertz CT molecular complexity index is 903. The minimum atomic E-state index is -3.59. The van der Waals surface area contributed by atoms with Crippen molar-refractivity contribution in [3.05, 3.63) is 54.1 Å². The van der Waals surface area contributed by atoms with Crippen molar-refractivity contribution < 1.29 is 22.7 Å². The SMILES string of the molecule is CCOc1ccc(S(=O)(=O)N2CCN(C(=O)c3ccc(OC)cc3)CC2)cc1. The summed E-state index contributed by atoms with van der Waals surface area (Å²) in [6, 6.07) is 13.3. The van der Waals surface area contributed by atoms with Crippen molar-refractivity contribution in [2.45, 2.75) is 11.8 Å². The summed E-state index contributed by atoms with van der Waals surface area (Å²) in [5.41, 5.74) is 0.559. The molecule has 0 unspecified atom stereocenters. The minimum Gasteiger partial charge on any atom is -0.497 e. The molecule has 28 heavy (non-hydrogen) atoms. The van der Waals surface area contributed by atoms with Crippen LogP contribution in [0.3, 0.4) is 0 Å². The minimum absolute atomic E-state index is 0.110. The summed E-state index contributed by atoms with van der Waals surface area (Å²) in [5.74, 6) is 1.21. The zero-order valence-electron chi connectivity index (χ0n) is 16.0. The zero-order chi connectivity index (χ0) is 20.1. The Labute approximate surface area is 165 Å². The van der Waals surface area contributed by atoms with E-state index in [1.54, 1.807) is 60.5 Å². The molecule has 3 rings (SSSR count). The third kappa shape index (κ3) is 4.28. The molecule has 0 atom stereocenters. The topological polar surface area (TPSA) is 76.2 Å². The van der Waals surface area contributed by atoms with Crippen molar-refractivity contribution in [1.29, 1.82) is 0 Å². The van der Waals surface area contributed by atoms with Gasteiger partial charge in [0.1, 0.15) is 11.5 Å². The number of nitrogens with zero attached hydrogens (tertiary/aromatic N) is 2. The standard InChI is InChI=1S/C20H24N2O5S/c1-3-27-18-8-10-19(11-9-18)28(24,25)22-14-12-21(13-15-22)20(23)16-4-6-17(26-2)7-5-16/h4-11H,3,12-15H2,1-2H3. The molecule has 2 aromatic carbocycles. The lowest BCUT2D eigenvalue weighted by Gasteiger charge is -2.34. The van der Waals surface area contributed by atoms with Gasteiger partial charge in [-0.2, -0.15) is 4.31 Å². The van der Waals surface area contributed by atoms with Crippen LogP contribution in [0.15, 0.2) is 53.4 Å². The smallest absolute Gasteiger partial charge is 0.253 e. The van der Waals surface area contributed by atoms with Gasteiger partial charge in [-0.25, -0.2) is 8.42 Å². The number of piperazine rings is 1. The second-order valence-corrected chi connectivity index (χ2v) is 8.27. The number of sulfonamides is 1. The molecular weight excluding hydrogens is 380 g/mol. The van der Waals surface area contributed by atoms with Gasteiger partial charge in [0.2, 0.25) is 10.0 Å². The average Bonchev–Trinajstić information content (AvgIpc) is 2.74. The van der Waals surface area contributed by atoms with Crippen LogP contribution in [0.1, 0.15) is 17.3 Å². The highest BCUT2D eigenvalue weighted by molar-refractivity contribution is 7.89. The third-order valence-corrected chi connectivity index (χ3v) is 6.55. The molecule has 0 spiro atoms. The van der Waals surface area contributed by atoms with Gasteiger partial charge in [0, 0.05) is 31.7 Å². The van der Waals surface area contributed by atoms with E-state index in [1.807, 2.05) is 6.92 Å². The summed E-state index contributed by atoms with van der Waals surface area (Å²) in [7, 11) is -2.02. The lowest BCUT2D eigenvalue weighted by molar-refractivity contribution is 0.0698. The molecule has 0 N–H and O–H groups in total. The predicted octanol–water partition coefficient (Wildman–Crippen LogP) is 2.24. The van der Waals surface area contributed by atoms with E-state index < -0.39 is 10.0 Å². The third-order valence-electron chi connectivity index (χ3n) is 4.64. The summed E-state index contributed by atoms with van der Waals surface area (Å²) in [6.45, 7) is 3.62. The van der Waals surface area contributed by atoms with Crippen LogP contribution in [-0.2, 0) is 10.0 Å². The van der Waals surface area contributed by atoms with Crippen molar-refractivity contribution >= 4 is 15.9 Å². The molecule has 1 fully saturated rings. The molecule has 0 radical (unpaired) electrons. The molecule has 8 heteroatoms. The molecule has 1 aliphatic rings. The zero-order valence-corrected chi connectivity index (χ0v) is 16.8. The molecular formula is C20H24N2O5S. The maximum Gasteiger partial charge on any atom is 0.253 e. The monoisotopic (exact) mass is 404 g/mol.